The first-order valence-electron chi connectivity index (χ1n) is 8.26. The molecule has 2 rings (SSSR count). The van der Waals surface area contributed by atoms with Crippen molar-refractivity contribution in [1.29, 1.82) is 0 Å². The number of hydrogen-bond acceptors (Lipinski definition) is 3. The van der Waals surface area contributed by atoms with E-state index in [1.54, 1.807) is 0 Å². The van der Waals surface area contributed by atoms with Crippen LogP contribution < -0.4 is 5.32 Å². The fraction of sp³-hybridized carbons (Fsp3) is 1.00. The molecule has 0 amide bonds. The van der Waals surface area contributed by atoms with E-state index < -0.39 is 0 Å². The van der Waals surface area contributed by atoms with Crippen LogP contribution in [0.2, 0.25) is 0 Å². The van der Waals surface area contributed by atoms with E-state index in [0.717, 1.165) is 18.0 Å². The highest BCUT2D eigenvalue weighted by atomic mass is 15.3. The Labute approximate surface area is 119 Å². The molecule has 0 aromatic rings. The van der Waals surface area contributed by atoms with Crippen LogP contribution in [-0.2, 0) is 0 Å². The summed E-state index contributed by atoms with van der Waals surface area (Å²) in [7, 11) is 6.74. The van der Waals surface area contributed by atoms with Gasteiger partial charge in [0.1, 0.15) is 0 Å². The molecule has 1 saturated heterocycles. The standard InChI is InChI=1S/C16H33N3/c1-17-16(14-8-6-4-5-7-9-14)12-15-13-18(2)10-11-19(15)3/h14-17H,4-13H2,1-3H3. The molecule has 1 aliphatic heterocycles. The molecule has 2 unspecified atom stereocenters. The van der Waals surface area contributed by atoms with Gasteiger partial charge in [0.05, 0.1) is 0 Å². The summed E-state index contributed by atoms with van der Waals surface area (Å²) in [6.07, 6.45) is 10.0. The first kappa shape index (κ1) is 15.3. The number of nitrogens with zero attached hydrogens (tertiary/aromatic N) is 2. The summed E-state index contributed by atoms with van der Waals surface area (Å²) in [6, 6.07) is 1.46. The van der Waals surface area contributed by atoms with Gasteiger partial charge in [0.25, 0.3) is 0 Å². The highest BCUT2D eigenvalue weighted by Gasteiger charge is 2.28. The average Bonchev–Trinajstić information content (AvgIpc) is 2.68. The van der Waals surface area contributed by atoms with Crippen LogP contribution in [0, 0.1) is 5.92 Å². The van der Waals surface area contributed by atoms with Crippen LogP contribution in [0.15, 0.2) is 0 Å². The van der Waals surface area contributed by atoms with Crippen molar-refractivity contribution in [3.63, 3.8) is 0 Å². The minimum absolute atomic E-state index is 0.719. The monoisotopic (exact) mass is 267 g/mol. The van der Waals surface area contributed by atoms with E-state index in [0.29, 0.717) is 0 Å². The summed E-state index contributed by atoms with van der Waals surface area (Å²) in [5.74, 6) is 0.910. The molecular weight excluding hydrogens is 234 g/mol. The molecule has 2 aliphatic rings. The summed E-state index contributed by atoms with van der Waals surface area (Å²) in [5.41, 5.74) is 0. The second kappa shape index (κ2) is 7.61. The Morgan fingerprint density at radius 1 is 1.05 bits per heavy atom. The van der Waals surface area contributed by atoms with Crippen LogP contribution in [0.5, 0.6) is 0 Å². The topological polar surface area (TPSA) is 18.5 Å². The summed E-state index contributed by atoms with van der Waals surface area (Å²) in [6.45, 7) is 3.68. The van der Waals surface area contributed by atoms with E-state index in [-0.39, 0.29) is 0 Å². The molecule has 0 aromatic carbocycles. The number of piperazine rings is 1. The van der Waals surface area contributed by atoms with Crippen molar-refractivity contribution in [3.05, 3.63) is 0 Å². The number of likely N-dealkylation sites (N-methyl/N-ethyl adjacent to an activating group) is 2. The molecule has 1 heterocycles. The van der Waals surface area contributed by atoms with E-state index in [2.05, 4.69) is 36.3 Å². The molecule has 1 aliphatic carbocycles. The molecule has 2 atom stereocenters. The first-order chi connectivity index (χ1) is 9.20. The van der Waals surface area contributed by atoms with Gasteiger partial charge in [0.2, 0.25) is 0 Å². The van der Waals surface area contributed by atoms with Gasteiger partial charge in [-0.05, 0) is 46.3 Å². The molecule has 0 aromatic heterocycles. The van der Waals surface area contributed by atoms with Crippen LogP contribution in [0.1, 0.15) is 44.9 Å². The Morgan fingerprint density at radius 2 is 1.74 bits per heavy atom. The van der Waals surface area contributed by atoms with Crippen LogP contribution in [0.4, 0.5) is 0 Å². The quantitative estimate of drug-likeness (QED) is 0.788. The first-order valence-corrected chi connectivity index (χ1v) is 8.26. The van der Waals surface area contributed by atoms with Crippen molar-refractivity contribution in [2.75, 3.05) is 40.8 Å². The molecule has 19 heavy (non-hydrogen) atoms. The SMILES string of the molecule is CNC(CC1CN(C)CCN1C)C1CCCCCC1. The maximum absolute atomic E-state index is 3.64. The van der Waals surface area contributed by atoms with E-state index in [4.69, 9.17) is 0 Å². The van der Waals surface area contributed by atoms with Gasteiger partial charge in [0.15, 0.2) is 0 Å². The average molecular weight is 267 g/mol. The minimum atomic E-state index is 0.719. The summed E-state index contributed by atoms with van der Waals surface area (Å²) in [4.78, 5) is 5.06. The molecule has 1 N–H and O–H groups in total. The van der Waals surface area contributed by atoms with Gasteiger partial charge < -0.3 is 15.1 Å². The largest absolute Gasteiger partial charge is 0.317 e. The summed E-state index contributed by atoms with van der Waals surface area (Å²) >= 11 is 0. The molecule has 112 valence electrons. The van der Waals surface area contributed by atoms with Crippen LogP contribution in [-0.4, -0.2) is 62.7 Å². The van der Waals surface area contributed by atoms with Crippen molar-refractivity contribution in [3.8, 4) is 0 Å². The zero-order valence-electron chi connectivity index (χ0n) is 13.2. The Balaban J connectivity index is 1.89. The zero-order chi connectivity index (χ0) is 13.7. The summed E-state index contributed by atoms with van der Waals surface area (Å²) in [5, 5.41) is 3.64. The maximum Gasteiger partial charge on any atom is 0.0235 e. The van der Waals surface area contributed by atoms with Crippen molar-refractivity contribution in [2.24, 2.45) is 5.92 Å². The second-order valence-electron chi connectivity index (χ2n) is 6.78. The molecule has 2 fully saturated rings. The van der Waals surface area contributed by atoms with Gasteiger partial charge in [-0.15, -0.1) is 0 Å². The lowest BCUT2D eigenvalue weighted by Crippen LogP contribution is -2.52. The van der Waals surface area contributed by atoms with Gasteiger partial charge >= 0.3 is 0 Å². The zero-order valence-corrected chi connectivity index (χ0v) is 13.2. The normalized spacial score (nSPS) is 30.2. The third kappa shape index (κ3) is 4.44. The van der Waals surface area contributed by atoms with E-state index in [1.807, 2.05) is 0 Å². The highest BCUT2D eigenvalue weighted by Crippen LogP contribution is 2.28. The minimum Gasteiger partial charge on any atom is -0.317 e. The van der Waals surface area contributed by atoms with Crippen molar-refractivity contribution >= 4 is 0 Å². The van der Waals surface area contributed by atoms with Gasteiger partial charge in [-0.1, -0.05) is 25.7 Å². The Bertz CT molecular complexity index is 248. The van der Waals surface area contributed by atoms with Crippen LogP contribution in [0.3, 0.4) is 0 Å². The Morgan fingerprint density at radius 3 is 2.37 bits per heavy atom. The van der Waals surface area contributed by atoms with E-state index in [1.165, 1.54) is 64.6 Å². The molecule has 0 spiro atoms. The molecule has 1 saturated carbocycles. The fourth-order valence-corrected chi connectivity index (χ4v) is 3.91. The third-order valence-electron chi connectivity index (χ3n) is 5.35. The van der Waals surface area contributed by atoms with Crippen LogP contribution in [0.25, 0.3) is 0 Å². The van der Waals surface area contributed by atoms with E-state index in [9.17, 15) is 0 Å². The lowest BCUT2D eigenvalue weighted by molar-refractivity contribution is 0.0939. The number of hydrogen-bond donors (Lipinski definition) is 1. The molecule has 3 nitrogen and oxygen atoms in total. The predicted octanol–water partition coefficient (Wildman–Crippen LogP) is 2.18. The second-order valence-corrected chi connectivity index (χ2v) is 6.78. The molecule has 0 radical (unpaired) electrons. The number of rotatable bonds is 4. The Hall–Kier alpha value is -0.120. The third-order valence-corrected chi connectivity index (χ3v) is 5.35. The van der Waals surface area contributed by atoms with Crippen molar-refractivity contribution in [2.45, 2.75) is 57.0 Å². The van der Waals surface area contributed by atoms with E-state index >= 15 is 0 Å². The van der Waals surface area contributed by atoms with Crippen molar-refractivity contribution in [1.82, 2.24) is 15.1 Å². The summed E-state index contributed by atoms with van der Waals surface area (Å²) < 4.78 is 0. The smallest absolute Gasteiger partial charge is 0.0235 e. The predicted molar refractivity (Wildman–Crippen MR) is 82.6 cm³/mol. The van der Waals surface area contributed by atoms with Crippen molar-refractivity contribution < 1.29 is 0 Å². The Kier molecular flexibility index (Phi) is 6.11. The van der Waals surface area contributed by atoms with Gasteiger partial charge in [-0.3, -0.25) is 0 Å². The lowest BCUT2D eigenvalue weighted by Gasteiger charge is -2.40. The molecular formula is C16H33N3. The fourth-order valence-electron chi connectivity index (χ4n) is 3.91. The lowest BCUT2D eigenvalue weighted by atomic mass is 9.87. The maximum atomic E-state index is 3.64. The highest BCUT2D eigenvalue weighted by molar-refractivity contribution is 4.86. The van der Waals surface area contributed by atoms with Gasteiger partial charge in [-0.25, -0.2) is 0 Å². The molecule has 3 heteroatoms. The van der Waals surface area contributed by atoms with Gasteiger partial charge in [0, 0.05) is 31.7 Å². The van der Waals surface area contributed by atoms with Crippen LogP contribution >= 0.6 is 0 Å². The van der Waals surface area contributed by atoms with Gasteiger partial charge in [-0.2, -0.15) is 0 Å². The molecule has 0 bridgehead atoms. The number of nitrogens with one attached hydrogen (secondary N) is 1.